The minimum atomic E-state index is -3.53. The Morgan fingerprint density at radius 3 is 2.60 bits per heavy atom. The van der Waals surface area contributed by atoms with Gasteiger partial charge in [0, 0.05) is 6.54 Å². The monoisotopic (exact) mass is 299 g/mol. The van der Waals surface area contributed by atoms with Crippen molar-refractivity contribution in [2.24, 2.45) is 0 Å². The quantitative estimate of drug-likeness (QED) is 0.854. The Balaban J connectivity index is 2.44. The van der Waals surface area contributed by atoms with Crippen molar-refractivity contribution >= 4 is 10.0 Å². The molecule has 6 heteroatoms. The molecule has 112 valence electrons. The molecule has 1 aromatic carbocycles. The summed E-state index contributed by atoms with van der Waals surface area (Å²) >= 11 is 0. The minimum absolute atomic E-state index is 0.327. The molecule has 1 saturated heterocycles. The maximum absolute atomic E-state index is 12.9. The Labute approximate surface area is 120 Å². The summed E-state index contributed by atoms with van der Waals surface area (Å²) in [6, 6.07) is 5.02. The summed E-state index contributed by atoms with van der Waals surface area (Å²) in [4.78, 5) is 0.327. The van der Waals surface area contributed by atoms with Crippen molar-refractivity contribution in [2.45, 2.75) is 31.2 Å². The topological polar surface area (TPSA) is 55.8 Å². The van der Waals surface area contributed by atoms with Crippen molar-refractivity contribution in [3.05, 3.63) is 23.8 Å². The molecule has 20 heavy (non-hydrogen) atoms. The van der Waals surface area contributed by atoms with Gasteiger partial charge in [-0.25, -0.2) is 8.42 Å². The van der Waals surface area contributed by atoms with Gasteiger partial charge >= 0.3 is 0 Å². The number of aryl methyl sites for hydroxylation is 1. The number of hydrogen-bond acceptors (Lipinski definition) is 4. The lowest BCUT2D eigenvalue weighted by atomic mass is 10.1. The molecule has 1 heterocycles. The SMILES string of the molecule is COc1ccc(S(=O)(=O)N2CCOCC2(C)C)c(C)c1. The summed E-state index contributed by atoms with van der Waals surface area (Å²) in [6.07, 6.45) is 0. The Morgan fingerprint density at radius 1 is 1.35 bits per heavy atom. The van der Waals surface area contributed by atoms with Crippen LogP contribution in [-0.2, 0) is 14.8 Å². The van der Waals surface area contributed by atoms with E-state index in [0.717, 1.165) is 0 Å². The number of nitrogens with zero attached hydrogens (tertiary/aromatic N) is 1. The Kier molecular flexibility index (Phi) is 4.09. The lowest BCUT2D eigenvalue weighted by Gasteiger charge is -2.41. The highest BCUT2D eigenvalue weighted by Gasteiger charge is 2.40. The molecule has 1 aliphatic heterocycles. The van der Waals surface area contributed by atoms with Crippen molar-refractivity contribution in [1.29, 1.82) is 0 Å². The van der Waals surface area contributed by atoms with Crippen LogP contribution in [0.1, 0.15) is 19.4 Å². The van der Waals surface area contributed by atoms with E-state index in [0.29, 0.717) is 36.0 Å². The minimum Gasteiger partial charge on any atom is -0.497 e. The normalized spacial score (nSPS) is 19.8. The van der Waals surface area contributed by atoms with E-state index in [2.05, 4.69) is 0 Å². The van der Waals surface area contributed by atoms with Gasteiger partial charge in [-0.2, -0.15) is 4.31 Å². The van der Waals surface area contributed by atoms with E-state index in [1.165, 1.54) is 4.31 Å². The maximum atomic E-state index is 12.9. The average molecular weight is 299 g/mol. The number of hydrogen-bond donors (Lipinski definition) is 0. The molecular weight excluding hydrogens is 278 g/mol. The number of rotatable bonds is 3. The third-order valence-corrected chi connectivity index (χ3v) is 5.79. The number of methoxy groups -OCH3 is 1. The van der Waals surface area contributed by atoms with Crippen molar-refractivity contribution in [1.82, 2.24) is 4.31 Å². The summed E-state index contributed by atoms with van der Waals surface area (Å²) in [5.74, 6) is 0.655. The number of benzene rings is 1. The van der Waals surface area contributed by atoms with E-state index in [9.17, 15) is 8.42 Å². The first-order chi connectivity index (χ1) is 9.29. The second-order valence-electron chi connectivity index (χ2n) is 5.57. The molecule has 0 spiro atoms. The third-order valence-electron chi connectivity index (χ3n) is 3.52. The molecule has 5 nitrogen and oxygen atoms in total. The van der Waals surface area contributed by atoms with Crippen molar-refractivity contribution < 1.29 is 17.9 Å². The maximum Gasteiger partial charge on any atom is 0.243 e. The van der Waals surface area contributed by atoms with Gasteiger partial charge in [-0.3, -0.25) is 0 Å². The third kappa shape index (κ3) is 2.68. The predicted octanol–water partition coefficient (Wildman–Crippen LogP) is 1.80. The Morgan fingerprint density at radius 2 is 2.05 bits per heavy atom. The average Bonchev–Trinajstić information content (AvgIpc) is 2.37. The molecule has 0 amide bonds. The van der Waals surface area contributed by atoms with E-state index in [4.69, 9.17) is 9.47 Å². The van der Waals surface area contributed by atoms with Crippen molar-refractivity contribution in [2.75, 3.05) is 26.9 Å². The molecule has 1 aliphatic rings. The fourth-order valence-corrected chi connectivity index (χ4v) is 4.41. The molecule has 0 radical (unpaired) electrons. The fraction of sp³-hybridized carbons (Fsp3) is 0.571. The van der Waals surface area contributed by atoms with Crippen LogP contribution in [-0.4, -0.2) is 45.1 Å². The van der Waals surface area contributed by atoms with Crippen molar-refractivity contribution in [3.63, 3.8) is 0 Å². The van der Waals surface area contributed by atoms with Crippen LogP contribution < -0.4 is 4.74 Å². The van der Waals surface area contributed by atoms with Gasteiger partial charge in [0.1, 0.15) is 5.75 Å². The fourth-order valence-electron chi connectivity index (χ4n) is 2.45. The largest absolute Gasteiger partial charge is 0.497 e. The molecule has 0 saturated carbocycles. The second kappa shape index (κ2) is 5.35. The van der Waals surface area contributed by atoms with Crippen LogP contribution in [0.4, 0.5) is 0 Å². The highest BCUT2D eigenvalue weighted by Crippen LogP contribution is 2.30. The number of sulfonamides is 1. The lowest BCUT2D eigenvalue weighted by molar-refractivity contribution is -0.00772. The summed E-state index contributed by atoms with van der Waals surface area (Å²) in [5.41, 5.74) is 0.148. The summed E-state index contributed by atoms with van der Waals surface area (Å²) in [5, 5.41) is 0. The molecule has 0 unspecified atom stereocenters. The standard InChI is InChI=1S/C14H21NO4S/c1-11-9-12(18-4)5-6-13(11)20(16,17)15-7-8-19-10-14(15,2)3/h5-6,9H,7-8,10H2,1-4H3. The van der Waals surface area contributed by atoms with Crippen LogP contribution >= 0.6 is 0 Å². The first-order valence-corrected chi connectivity index (χ1v) is 7.98. The molecule has 0 aromatic heterocycles. The lowest BCUT2D eigenvalue weighted by Crippen LogP contribution is -2.55. The van der Waals surface area contributed by atoms with Gasteiger partial charge in [-0.1, -0.05) is 0 Å². The highest BCUT2D eigenvalue weighted by molar-refractivity contribution is 7.89. The summed E-state index contributed by atoms with van der Waals surface area (Å²) in [7, 11) is -1.96. The highest BCUT2D eigenvalue weighted by atomic mass is 32.2. The zero-order valence-corrected chi connectivity index (χ0v) is 13.2. The van der Waals surface area contributed by atoms with Gasteiger partial charge < -0.3 is 9.47 Å². The van der Waals surface area contributed by atoms with Crippen LogP contribution in [0, 0.1) is 6.92 Å². The zero-order chi connectivity index (χ0) is 15.0. The predicted molar refractivity (Wildman–Crippen MR) is 76.5 cm³/mol. The van der Waals surface area contributed by atoms with E-state index >= 15 is 0 Å². The molecule has 0 N–H and O–H groups in total. The number of ether oxygens (including phenoxy) is 2. The molecule has 0 aliphatic carbocycles. The van der Waals surface area contributed by atoms with Crippen LogP contribution in [0.25, 0.3) is 0 Å². The number of morpholine rings is 1. The van der Waals surface area contributed by atoms with E-state index < -0.39 is 15.6 Å². The molecule has 1 aromatic rings. The second-order valence-corrected chi connectivity index (χ2v) is 7.40. The summed E-state index contributed by atoms with van der Waals surface area (Å²) < 4.78 is 37.7. The molecule has 1 fully saturated rings. The Hall–Kier alpha value is -1.11. The van der Waals surface area contributed by atoms with Crippen LogP contribution in [0.3, 0.4) is 0 Å². The van der Waals surface area contributed by atoms with E-state index in [1.807, 2.05) is 13.8 Å². The van der Waals surface area contributed by atoms with Gasteiger partial charge in [0.2, 0.25) is 10.0 Å². The summed E-state index contributed by atoms with van der Waals surface area (Å²) in [6.45, 7) is 6.74. The molecular formula is C14H21NO4S. The van der Waals surface area contributed by atoms with E-state index in [1.54, 1.807) is 32.2 Å². The molecule has 2 rings (SSSR count). The molecule has 0 bridgehead atoms. The van der Waals surface area contributed by atoms with Gasteiger partial charge in [0.05, 0.1) is 30.8 Å². The van der Waals surface area contributed by atoms with Gasteiger partial charge in [0.25, 0.3) is 0 Å². The smallest absolute Gasteiger partial charge is 0.243 e. The Bertz CT molecular complexity index is 595. The van der Waals surface area contributed by atoms with Crippen LogP contribution in [0.15, 0.2) is 23.1 Å². The van der Waals surface area contributed by atoms with Gasteiger partial charge in [-0.05, 0) is 44.5 Å². The van der Waals surface area contributed by atoms with E-state index in [-0.39, 0.29) is 0 Å². The first kappa shape index (κ1) is 15.3. The first-order valence-electron chi connectivity index (χ1n) is 6.54. The molecule has 0 atom stereocenters. The van der Waals surface area contributed by atoms with Gasteiger partial charge in [-0.15, -0.1) is 0 Å². The van der Waals surface area contributed by atoms with Crippen molar-refractivity contribution in [3.8, 4) is 5.75 Å². The van der Waals surface area contributed by atoms with Crippen LogP contribution in [0.5, 0.6) is 5.75 Å². The zero-order valence-electron chi connectivity index (χ0n) is 12.3. The van der Waals surface area contributed by atoms with Gasteiger partial charge in [0.15, 0.2) is 0 Å². The van der Waals surface area contributed by atoms with Crippen LogP contribution in [0.2, 0.25) is 0 Å².